The highest BCUT2D eigenvalue weighted by atomic mass is 32.2. The molecule has 0 spiro atoms. The van der Waals surface area contributed by atoms with Gasteiger partial charge in [-0.05, 0) is 31.3 Å². The summed E-state index contributed by atoms with van der Waals surface area (Å²) in [7, 11) is 1.30. The predicted molar refractivity (Wildman–Crippen MR) is 74.5 cm³/mol. The van der Waals surface area contributed by atoms with Crippen molar-refractivity contribution in [3.63, 3.8) is 0 Å². The lowest BCUT2D eigenvalue weighted by Crippen LogP contribution is -2.22. The Balaban J connectivity index is 2.75. The van der Waals surface area contributed by atoms with Crippen LogP contribution in [-0.2, 0) is 14.8 Å². The monoisotopic (exact) mass is 285 g/mol. The second kappa shape index (κ2) is 6.65. The van der Waals surface area contributed by atoms with Gasteiger partial charge in [-0.1, -0.05) is 0 Å². The van der Waals surface area contributed by atoms with Crippen molar-refractivity contribution in [3.8, 4) is 0 Å². The molecule has 0 radical (unpaired) electrons. The summed E-state index contributed by atoms with van der Waals surface area (Å²) in [4.78, 5) is 11.7. The maximum atomic E-state index is 11.8. The van der Waals surface area contributed by atoms with Gasteiger partial charge in [-0.25, -0.2) is 12.7 Å². The maximum Gasteiger partial charge on any atom is 0.242 e. The van der Waals surface area contributed by atoms with Crippen LogP contribution in [0.15, 0.2) is 29.2 Å². The van der Waals surface area contributed by atoms with Gasteiger partial charge < -0.3 is 10.6 Å². The Hall–Kier alpha value is -1.44. The van der Waals surface area contributed by atoms with Crippen molar-refractivity contribution in [2.45, 2.75) is 11.3 Å². The SMILES string of the molecule is CNCCC(=O)Nc1ccc(S(=O)(=O)N(C)C)cc1. The van der Waals surface area contributed by atoms with E-state index in [1.54, 1.807) is 19.2 Å². The minimum atomic E-state index is -3.43. The van der Waals surface area contributed by atoms with Crippen LogP contribution >= 0.6 is 0 Å². The number of hydrogen-bond donors (Lipinski definition) is 2. The highest BCUT2D eigenvalue weighted by molar-refractivity contribution is 7.89. The van der Waals surface area contributed by atoms with Gasteiger partial charge in [0.2, 0.25) is 15.9 Å². The van der Waals surface area contributed by atoms with Crippen LogP contribution < -0.4 is 10.6 Å². The molecule has 7 heteroatoms. The smallest absolute Gasteiger partial charge is 0.242 e. The number of anilines is 1. The minimum Gasteiger partial charge on any atom is -0.326 e. The molecule has 0 atom stereocenters. The van der Waals surface area contributed by atoms with E-state index in [0.717, 1.165) is 4.31 Å². The second-order valence-electron chi connectivity index (χ2n) is 4.21. The van der Waals surface area contributed by atoms with Gasteiger partial charge in [0.1, 0.15) is 0 Å². The molecule has 0 aliphatic rings. The molecule has 6 nitrogen and oxygen atoms in total. The number of amides is 1. The quantitative estimate of drug-likeness (QED) is 0.797. The van der Waals surface area contributed by atoms with Gasteiger partial charge in [0.25, 0.3) is 0 Å². The number of nitrogens with one attached hydrogen (secondary N) is 2. The van der Waals surface area contributed by atoms with Crippen LogP contribution in [0.2, 0.25) is 0 Å². The third-order valence-corrected chi connectivity index (χ3v) is 4.35. The second-order valence-corrected chi connectivity index (χ2v) is 6.37. The Morgan fingerprint density at radius 3 is 2.26 bits per heavy atom. The number of rotatable bonds is 6. The van der Waals surface area contributed by atoms with Crippen LogP contribution in [0.25, 0.3) is 0 Å². The van der Waals surface area contributed by atoms with Crippen molar-refractivity contribution in [2.75, 3.05) is 33.0 Å². The molecule has 0 heterocycles. The molecule has 0 aromatic heterocycles. The lowest BCUT2D eigenvalue weighted by molar-refractivity contribution is -0.116. The first kappa shape index (κ1) is 15.6. The van der Waals surface area contributed by atoms with E-state index in [0.29, 0.717) is 18.7 Å². The molecule has 0 aliphatic heterocycles. The Morgan fingerprint density at radius 1 is 1.21 bits per heavy atom. The molecule has 106 valence electrons. The zero-order valence-corrected chi connectivity index (χ0v) is 12.1. The summed E-state index contributed by atoms with van der Waals surface area (Å²) in [5.74, 6) is -0.113. The van der Waals surface area contributed by atoms with Crippen molar-refractivity contribution >= 4 is 21.6 Å². The summed E-state index contributed by atoms with van der Waals surface area (Å²) in [6, 6.07) is 6.10. The minimum absolute atomic E-state index is 0.113. The van der Waals surface area contributed by atoms with Crippen LogP contribution in [0.4, 0.5) is 5.69 Å². The molecular formula is C12H19N3O3S. The third kappa shape index (κ3) is 4.30. The van der Waals surface area contributed by atoms with E-state index >= 15 is 0 Å². The first-order chi connectivity index (χ1) is 8.87. The first-order valence-electron chi connectivity index (χ1n) is 5.85. The lowest BCUT2D eigenvalue weighted by atomic mass is 10.3. The van der Waals surface area contributed by atoms with E-state index in [9.17, 15) is 13.2 Å². The fraction of sp³-hybridized carbons (Fsp3) is 0.417. The third-order valence-electron chi connectivity index (χ3n) is 2.52. The van der Waals surface area contributed by atoms with Gasteiger partial charge in [-0.3, -0.25) is 4.79 Å². The van der Waals surface area contributed by atoms with Crippen molar-refractivity contribution in [2.24, 2.45) is 0 Å². The zero-order chi connectivity index (χ0) is 14.5. The summed E-state index contributed by atoms with van der Waals surface area (Å²) >= 11 is 0. The molecule has 19 heavy (non-hydrogen) atoms. The number of carbonyl (C=O) groups excluding carboxylic acids is 1. The average Bonchev–Trinajstić information content (AvgIpc) is 2.36. The number of carbonyl (C=O) groups is 1. The van der Waals surface area contributed by atoms with E-state index < -0.39 is 10.0 Å². The van der Waals surface area contributed by atoms with Gasteiger partial charge in [-0.2, -0.15) is 0 Å². The Morgan fingerprint density at radius 2 is 1.79 bits per heavy atom. The van der Waals surface area contributed by atoms with E-state index in [2.05, 4.69) is 10.6 Å². The van der Waals surface area contributed by atoms with Gasteiger partial charge in [0.15, 0.2) is 0 Å². The van der Waals surface area contributed by atoms with Crippen molar-refractivity contribution < 1.29 is 13.2 Å². The largest absolute Gasteiger partial charge is 0.326 e. The van der Waals surface area contributed by atoms with Crippen LogP contribution in [0.3, 0.4) is 0 Å². The topological polar surface area (TPSA) is 78.5 Å². The first-order valence-corrected chi connectivity index (χ1v) is 7.29. The maximum absolute atomic E-state index is 11.8. The van der Waals surface area contributed by atoms with Gasteiger partial charge in [-0.15, -0.1) is 0 Å². The van der Waals surface area contributed by atoms with Gasteiger partial charge >= 0.3 is 0 Å². The number of hydrogen-bond acceptors (Lipinski definition) is 4. The van der Waals surface area contributed by atoms with Gasteiger partial charge in [0.05, 0.1) is 4.90 Å². The molecule has 0 fully saturated rings. The summed E-state index contributed by atoms with van der Waals surface area (Å²) < 4.78 is 24.8. The van der Waals surface area contributed by atoms with Gasteiger partial charge in [0, 0.05) is 32.7 Å². The van der Waals surface area contributed by atoms with Crippen molar-refractivity contribution in [1.29, 1.82) is 0 Å². The zero-order valence-electron chi connectivity index (χ0n) is 11.3. The molecule has 0 bridgehead atoms. The normalized spacial score (nSPS) is 11.6. The molecule has 2 N–H and O–H groups in total. The molecule has 1 aromatic rings. The van der Waals surface area contributed by atoms with Crippen LogP contribution in [0.5, 0.6) is 0 Å². The summed E-state index contributed by atoms with van der Waals surface area (Å²) in [6.45, 7) is 0.596. The van der Waals surface area contributed by atoms with Crippen LogP contribution in [-0.4, -0.2) is 46.3 Å². The molecule has 0 unspecified atom stereocenters. The molecule has 1 amide bonds. The highest BCUT2D eigenvalue weighted by Crippen LogP contribution is 2.16. The molecule has 0 saturated heterocycles. The predicted octanol–water partition coefficient (Wildman–Crippen LogP) is 0.485. The summed E-state index contributed by atoms with van der Waals surface area (Å²) in [6.07, 6.45) is 0.369. The summed E-state index contributed by atoms with van der Waals surface area (Å²) in [5, 5.41) is 5.58. The van der Waals surface area contributed by atoms with E-state index in [1.807, 2.05) is 0 Å². The number of nitrogens with zero attached hydrogens (tertiary/aromatic N) is 1. The Bertz CT molecular complexity index is 524. The van der Waals surface area contributed by atoms with E-state index in [1.165, 1.54) is 26.2 Å². The molecular weight excluding hydrogens is 266 g/mol. The number of benzene rings is 1. The summed E-state index contributed by atoms with van der Waals surface area (Å²) in [5.41, 5.74) is 0.582. The highest BCUT2D eigenvalue weighted by Gasteiger charge is 2.16. The Labute approximate surface area is 113 Å². The number of sulfonamides is 1. The molecule has 1 aromatic carbocycles. The van der Waals surface area contributed by atoms with Crippen LogP contribution in [0.1, 0.15) is 6.42 Å². The molecule has 0 saturated carbocycles. The van der Waals surface area contributed by atoms with Crippen molar-refractivity contribution in [3.05, 3.63) is 24.3 Å². The standard InChI is InChI=1S/C12H19N3O3S/c1-13-9-8-12(16)14-10-4-6-11(7-5-10)19(17,18)15(2)3/h4-7,13H,8-9H2,1-3H3,(H,14,16). The fourth-order valence-electron chi connectivity index (χ4n) is 1.38. The van der Waals surface area contributed by atoms with E-state index in [4.69, 9.17) is 0 Å². The van der Waals surface area contributed by atoms with E-state index in [-0.39, 0.29) is 10.8 Å². The molecule has 0 aliphatic carbocycles. The van der Waals surface area contributed by atoms with Crippen molar-refractivity contribution in [1.82, 2.24) is 9.62 Å². The fourth-order valence-corrected chi connectivity index (χ4v) is 2.28. The lowest BCUT2D eigenvalue weighted by Gasteiger charge is -2.12. The van der Waals surface area contributed by atoms with Crippen LogP contribution in [0, 0.1) is 0 Å². The average molecular weight is 285 g/mol. The Kier molecular flexibility index (Phi) is 5.46. The molecule has 1 rings (SSSR count).